The van der Waals surface area contributed by atoms with E-state index in [1.165, 1.54) is 0 Å². The molecule has 3 nitrogen and oxygen atoms in total. The lowest BCUT2D eigenvalue weighted by Crippen LogP contribution is -1.93. The van der Waals surface area contributed by atoms with Crippen molar-refractivity contribution in [2.75, 3.05) is 5.73 Å². The molecule has 2 aromatic rings. The molecule has 64 valence electrons. The van der Waals surface area contributed by atoms with E-state index in [9.17, 15) is 0 Å². The first kappa shape index (κ1) is 7.73. The molecule has 2 N–H and O–H groups in total. The number of hydrogen-bond acceptors (Lipinski definition) is 3. The van der Waals surface area contributed by atoms with Gasteiger partial charge in [0.2, 0.25) is 5.95 Å². The normalized spacial score (nSPS) is 10.2. The summed E-state index contributed by atoms with van der Waals surface area (Å²) < 4.78 is 0. The van der Waals surface area contributed by atoms with Gasteiger partial charge in [0.25, 0.3) is 0 Å². The van der Waals surface area contributed by atoms with Gasteiger partial charge in [0.1, 0.15) is 0 Å². The summed E-state index contributed by atoms with van der Waals surface area (Å²) in [5.41, 5.74) is 7.35. The highest BCUT2D eigenvalue weighted by Gasteiger charge is 1.96. The summed E-state index contributed by atoms with van der Waals surface area (Å²) in [5.74, 6) is 0.300. The molecule has 1 aromatic carbocycles. The molecule has 3 heteroatoms. The van der Waals surface area contributed by atoms with Crippen molar-refractivity contribution in [3.8, 4) is 0 Å². The van der Waals surface area contributed by atoms with E-state index in [0.717, 1.165) is 16.5 Å². The fourth-order valence-corrected chi connectivity index (χ4v) is 1.18. The van der Waals surface area contributed by atoms with Crippen LogP contribution in [0.3, 0.4) is 0 Å². The predicted octanol–water partition coefficient (Wildman–Crippen LogP) is 1.85. The summed E-state index contributed by atoms with van der Waals surface area (Å²) in [6.45, 7) is 3.69. The van der Waals surface area contributed by atoms with Gasteiger partial charge in [0.05, 0.1) is 5.52 Å². The fourth-order valence-electron chi connectivity index (χ4n) is 1.18. The number of anilines is 1. The highest BCUT2D eigenvalue weighted by atomic mass is 15.0. The third-order valence-corrected chi connectivity index (χ3v) is 1.86. The van der Waals surface area contributed by atoms with Crippen molar-refractivity contribution in [1.29, 1.82) is 0 Å². The number of benzene rings is 1. The molecule has 0 fully saturated rings. The summed E-state index contributed by atoms with van der Waals surface area (Å²) in [6, 6.07) is 5.85. The first-order valence-electron chi connectivity index (χ1n) is 3.94. The van der Waals surface area contributed by atoms with Crippen molar-refractivity contribution in [2.45, 2.75) is 0 Å². The van der Waals surface area contributed by atoms with E-state index in [2.05, 4.69) is 16.5 Å². The summed E-state index contributed by atoms with van der Waals surface area (Å²) in [5, 5.41) is 0.986. The van der Waals surface area contributed by atoms with Gasteiger partial charge in [-0.2, -0.15) is 0 Å². The monoisotopic (exact) mass is 171 g/mol. The molecular formula is C10H9N3. The second-order valence-electron chi connectivity index (χ2n) is 2.75. The van der Waals surface area contributed by atoms with Gasteiger partial charge in [-0.1, -0.05) is 24.8 Å². The number of nitrogen functional groups attached to an aromatic ring is 1. The molecule has 1 heterocycles. The number of hydrogen-bond donors (Lipinski definition) is 1. The third kappa shape index (κ3) is 1.36. The number of nitrogens with two attached hydrogens (primary N) is 1. The van der Waals surface area contributed by atoms with Crippen LogP contribution in [0.15, 0.2) is 31.0 Å². The van der Waals surface area contributed by atoms with Crippen LogP contribution in [0.5, 0.6) is 0 Å². The molecule has 0 aliphatic heterocycles. The molecule has 0 radical (unpaired) electrons. The molecular weight excluding hydrogens is 162 g/mol. The van der Waals surface area contributed by atoms with Crippen molar-refractivity contribution in [1.82, 2.24) is 9.97 Å². The Morgan fingerprint density at radius 3 is 3.00 bits per heavy atom. The first-order valence-corrected chi connectivity index (χ1v) is 3.94. The molecule has 0 aliphatic rings. The van der Waals surface area contributed by atoms with Crippen LogP contribution in [-0.4, -0.2) is 9.97 Å². The highest BCUT2D eigenvalue weighted by molar-refractivity contribution is 5.80. The van der Waals surface area contributed by atoms with Crippen LogP contribution >= 0.6 is 0 Å². The molecule has 0 aliphatic carbocycles. The van der Waals surface area contributed by atoms with Gasteiger partial charge >= 0.3 is 0 Å². The topological polar surface area (TPSA) is 51.8 Å². The van der Waals surface area contributed by atoms with Crippen LogP contribution in [-0.2, 0) is 0 Å². The number of rotatable bonds is 1. The van der Waals surface area contributed by atoms with Gasteiger partial charge in [-0.3, -0.25) is 0 Å². The molecule has 0 saturated heterocycles. The van der Waals surface area contributed by atoms with E-state index in [-0.39, 0.29) is 0 Å². The highest BCUT2D eigenvalue weighted by Crippen LogP contribution is 2.14. The van der Waals surface area contributed by atoms with Crippen LogP contribution < -0.4 is 5.73 Å². The summed E-state index contributed by atoms with van der Waals surface area (Å²) in [6.07, 6.45) is 3.49. The van der Waals surface area contributed by atoms with E-state index in [4.69, 9.17) is 5.73 Å². The largest absolute Gasteiger partial charge is 0.368 e. The minimum atomic E-state index is 0.300. The Morgan fingerprint density at radius 1 is 1.38 bits per heavy atom. The third-order valence-electron chi connectivity index (χ3n) is 1.86. The molecule has 1 aromatic heterocycles. The Labute approximate surface area is 75.9 Å². The van der Waals surface area contributed by atoms with Crippen molar-refractivity contribution >= 4 is 22.9 Å². The quantitative estimate of drug-likeness (QED) is 0.712. The Morgan fingerprint density at radius 2 is 2.23 bits per heavy atom. The lowest BCUT2D eigenvalue weighted by atomic mass is 10.1. The van der Waals surface area contributed by atoms with Crippen LogP contribution in [0, 0.1) is 0 Å². The average molecular weight is 171 g/mol. The second kappa shape index (κ2) is 2.86. The van der Waals surface area contributed by atoms with Crippen LogP contribution in [0.25, 0.3) is 17.0 Å². The van der Waals surface area contributed by atoms with E-state index in [1.54, 1.807) is 12.3 Å². The van der Waals surface area contributed by atoms with E-state index >= 15 is 0 Å². The van der Waals surface area contributed by atoms with Crippen LogP contribution in [0.4, 0.5) is 5.95 Å². The van der Waals surface area contributed by atoms with E-state index < -0.39 is 0 Å². The SMILES string of the molecule is C=Cc1ccc2cnc(N)nc2c1. The Hall–Kier alpha value is -1.90. The summed E-state index contributed by atoms with van der Waals surface area (Å²) in [4.78, 5) is 8.01. The molecule has 13 heavy (non-hydrogen) atoms. The van der Waals surface area contributed by atoms with E-state index in [0.29, 0.717) is 5.95 Å². The van der Waals surface area contributed by atoms with Gasteiger partial charge in [-0.05, 0) is 11.6 Å². The lowest BCUT2D eigenvalue weighted by molar-refractivity contribution is 1.24. The second-order valence-corrected chi connectivity index (χ2v) is 2.75. The van der Waals surface area contributed by atoms with Gasteiger partial charge in [0, 0.05) is 11.6 Å². The minimum absolute atomic E-state index is 0.300. The zero-order chi connectivity index (χ0) is 9.26. The van der Waals surface area contributed by atoms with Gasteiger partial charge in [-0.25, -0.2) is 9.97 Å². The zero-order valence-electron chi connectivity index (χ0n) is 7.07. The number of aromatic nitrogens is 2. The minimum Gasteiger partial charge on any atom is -0.368 e. The van der Waals surface area contributed by atoms with Crippen molar-refractivity contribution in [2.24, 2.45) is 0 Å². The maximum absolute atomic E-state index is 5.47. The van der Waals surface area contributed by atoms with Crippen LogP contribution in [0.2, 0.25) is 0 Å². The molecule has 0 atom stereocenters. The van der Waals surface area contributed by atoms with E-state index in [1.807, 2.05) is 18.2 Å². The van der Waals surface area contributed by atoms with Gasteiger partial charge < -0.3 is 5.73 Å². The molecule has 0 amide bonds. The van der Waals surface area contributed by atoms with Crippen molar-refractivity contribution in [3.05, 3.63) is 36.5 Å². The smallest absolute Gasteiger partial charge is 0.220 e. The zero-order valence-corrected chi connectivity index (χ0v) is 7.07. The Balaban J connectivity index is 2.74. The summed E-state index contributed by atoms with van der Waals surface area (Å²) >= 11 is 0. The first-order chi connectivity index (χ1) is 6.29. The molecule has 0 unspecified atom stereocenters. The number of nitrogens with zero attached hydrogens (tertiary/aromatic N) is 2. The van der Waals surface area contributed by atoms with Gasteiger partial charge in [-0.15, -0.1) is 0 Å². The Kier molecular flexibility index (Phi) is 1.70. The maximum atomic E-state index is 5.47. The molecule has 0 spiro atoms. The molecule has 0 saturated carbocycles. The summed E-state index contributed by atoms with van der Waals surface area (Å²) in [7, 11) is 0. The van der Waals surface area contributed by atoms with Crippen LogP contribution in [0.1, 0.15) is 5.56 Å². The maximum Gasteiger partial charge on any atom is 0.220 e. The molecule has 2 rings (SSSR count). The number of fused-ring (bicyclic) bond motifs is 1. The predicted molar refractivity (Wildman–Crippen MR) is 54.0 cm³/mol. The Bertz CT molecular complexity index is 463. The standard InChI is InChI=1S/C10H9N3/c1-2-7-3-4-8-6-12-10(11)13-9(8)5-7/h2-6H,1H2,(H2,11,12,13). The van der Waals surface area contributed by atoms with Crippen molar-refractivity contribution < 1.29 is 0 Å². The fraction of sp³-hybridized carbons (Fsp3) is 0. The average Bonchev–Trinajstić information content (AvgIpc) is 2.16. The van der Waals surface area contributed by atoms with Gasteiger partial charge in [0.15, 0.2) is 0 Å². The molecule has 0 bridgehead atoms. The van der Waals surface area contributed by atoms with Crippen molar-refractivity contribution in [3.63, 3.8) is 0 Å². The lowest BCUT2D eigenvalue weighted by Gasteiger charge is -1.98.